The van der Waals surface area contributed by atoms with E-state index in [1.54, 1.807) is 7.11 Å². The van der Waals surface area contributed by atoms with Crippen LogP contribution in [-0.4, -0.2) is 24.4 Å². The van der Waals surface area contributed by atoms with Crippen molar-refractivity contribution in [3.63, 3.8) is 0 Å². The van der Waals surface area contributed by atoms with Crippen LogP contribution in [0.2, 0.25) is 0 Å². The van der Waals surface area contributed by atoms with Gasteiger partial charge in [0.05, 0.1) is 12.2 Å². The lowest BCUT2D eigenvalue weighted by Crippen LogP contribution is -2.47. The van der Waals surface area contributed by atoms with Crippen molar-refractivity contribution in [2.75, 3.05) is 13.7 Å². The molecule has 1 aliphatic rings. The fourth-order valence-electron chi connectivity index (χ4n) is 2.59. The highest BCUT2D eigenvalue weighted by Crippen LogP contribution is 2.37. The SMILES string of the molecule is COCC(O)(C(C)C)C1CCCCC1. The normalized spacial score (nSPS) is 23.8. The van der Waals surface area contributed by atoms with E-state index in [1.165, 1.54) is 19.3 Å². The predicted octanol–water partition coefficient (Wildman–Crippen LogP) is 2.60. The van der Waals surface area contributed by atoms with Crippen LogP contribution in [0, 0.1) is 11.8 Å². The fourth-order valence-corrected chi connectivity index (χ4v) is 2.59. The first-order valence-electron chi connectivity index (χ1n) is 5.82. The topological polar surface area (TPSA) is 29.5 Å². The molecule has 0 spiro atoms. The summed E-state index contributed by atoms with van der Waals surface area (Å²) in [4.78, 5) is 0. The van der Waals surface area contributed by atoms with Crippen LogP contribution in [0.4, 0.5) is 0 Å². The largest absolute Gasteiger partial charge is 0.387 e. The average Bonchev–Trinajstić information content (AvgIpc) is 2.19. The highest BCUT2D eigenvalue weighted by molar-refractivity contribution is 4.90. The van der Waals surface area contributed by atoms with Gasteiger partial charge >= 0.3 is 0 Å². The molecule has 0 bridgehead atoms. The molecule has 1 saturated carbocycles. The second-order valence-electron chi connectivity index (χ2n) is 4.91. The van der Waals surface area contributed by atoms with Gasteiger partial charge in [-0.05, 0) is 24.7 Å². The molecule has 0 aromatic heterocycles. The number of aliphatic hydroxyl groups is 1. The minimum absolute atomic E-state index is 0.283. The molecule has 84 valence electrons. The summed E-state index contributed by atoms with van der Waals surface area (Å²) < 4.78 is 5.17. The monoisotopic (exact) mass is 200 g/mol. The summed E-state index contributed by atoms with van der Waals surface area (Å²) in [5, 5.41) is 10.6. The molecule has 1 atom stereocenters. The first-order chi connectivity index (χ1) is 6.61. The summed E-state index contributed by atoms with van der Waals surface area (Å²) in [6.07, 6.45) is 6.19. The lowest BCUT2D eigenvalue weighted by Gasteiger charge is -2.41. The van der Waals surface area contributed by atoms with Gasteiger partial charge in [-0.15, -0.1) is 0 Å². The van der Waals surface area contributed by atoms with Crippen molar-refractivity contribution in [2.24, 2.45) is 11.8 Å². The molecule has 0 saturated heterocycles. The van der Waals surface area contributed by atoms with E-state index in [9.17, 15) is 5.11 Å². The van der Waals surface area contributed by atoms with E-state index in [2.05, 4.69) is 13.8 Å². The maximum atomic E-state index is 10.6. The lowest BCUT2D eigenvalue weighted by molar-refractivity contribution is -0.114. The molecule has 0 amide bonds. The molecule has 0 heterocycles. The molecule has 0 radical (unpaired) electrons. The molecule has 2 nitrogen and oxygen atoms in total. The van der Waals surface area contributed by atoms with Crippen LogP contribution >= 0.6 is 0 Å². The third-order valence-corrected chi connectivity index (χ3v) is 3.69. The van der Waals surface area contributed by atoms with Gasteiger partial charge in [0.2, 0.25) is 0 Å². The summed E-state index contributed by atoms with van der Waals surface area (Å²) in [7, 11) is 1.68. The Kier molecular flexibility index (Phi) is 4.39. The molecule has 1 rings (SSSR count). The van der Waals surface area contributed by atoms with E-state index >= 15 is 0 Å². The van der Waals surface area contributed by atoms with Gasteiger partial charge in [0, 0.05) is 7.11 Å². The molecule has 1 fully saturated rings. The maximum Gasteiger partial charge on any atom is 0.0930 e. The van der Waals surface area contributed by atoms with Crippen LogP contribution in [0.1, 0.15) is 46.0 Å². The molecule has 1 aliphatic carbocycles. The minimum Gasteiger partial charge on any atom is -0.387 e. The molecule has 0 aromatic rings. The van der Waals surface area contributed by atoms with E-state index in [-0.39, 0.29) is 5.92 Å². The minimum atomic E-state index is -0.602. The Morgan fingerprint density at radius 1 is 1.29 bits per heavy atom. The van der Waals surface area contributed by atoms with Crippen LogP contribution in [0.25, 0.3) is 0 Å². The molecule has 2 heteroatoms. The van der Waals surface area contributed by atoms with Crippen LogP contribution in [0.5, 0.6) is 0 Å². The third-order valence-electron chi connectivity index (χ3n) is 3.69. The van der Waals surface area contributed by atoms with Crippen LogP contribution < -0.4 is 0 Å². The second-order valence-corrected chi connectivity index (χ2v) is 4.91. The van der Waals surface area contributed by atoms with Gasteiger partial charge in [-0.1, -0.05) is 33.1 Å². The van der Waals surface area contributed by atoms with Gasteiger partial charge in [-0.25, -0.2) is 0 Å². The van der Waals surface area contributed by atoms with Crippen molar-refractivity contribution in [1.29, 1.82) is 0 Å². The van der Waals surface area contributed by atoms with E-state index in [0.29, 0.717) is 12.5 Å². The zero-order valence-corrected chi connectivity index (χ0v) is 9.75. The van der Waals surface area contributed by atoms with Crippen LogP contribution in [0.3, 0.4) is 0 Å². The summed E-state index contributed by atoms with van der Waals surface area (Å²) in [5.41, 5.74) is -0.602. The summed E-state index contributed by atoms with van der Waals surface area (Å²) in [6.45, 7) is 4.66. The molecule has 0 aliphatic heterocycles. The molecule has 0 aromatic carbocycles. The number of methoxy groups -OCH3 is 1. The van der Waals surface area contributed by atoms with Crippen molar-refractivity contribution in [1.82, 2.24) is 0 Å². The smallest absolute Gasteiger partial charge is 0.0930 e. The lowest BCUT2D eigenvalue weighted by atomic mass is 9.72. The van der Waals surface area contributed by atoms with E-state index in [0.717, 1.165) is 12.8 Å². The van der Waals surface area contributed by atoms with Gasteiger partial charge < -0.3 is 9.84 Å². The van der Waals surface area contributed by atoms with Crippen molar-refractivity contribution >= 4 is 0 Å². The summed E-state index contributed by atoms with van der Waals surface area (Å²) >= 11 is 0. The number of hydrogen-bond donors (Lipinski definition) is 1. The van der Waals surface area contributed by atoms with Gasteiger partial charge in [0.15, 0.2) is 0 Å². The molecule has 1 unspecified atom stereocenters. The third kappa shape index (κ3) is 2.48. The van der Waals surface area contributed by atoms with Crippen molar-refractivity contribution in [3.05, 3.63) is 0 Å². The van der Waals surface area contributed by atoms with Gasteiger partial charge in [0.1, 0.15) is 0 Å². The first-order valence-corrected chi connectivity index (χ1v) is 5.82. The van der Waals surface area contributed by atoms with Crippen molar-refractivity contribution in [3.8, 4) is 0 Å². The Morgan fingerprint density at radius 2 is 1.86 bits per heavy atom. The van der Waals surface area contributed by atoms with Crippen LogP contribution in [-0.2, 0) is 4.74 Å². The number of hydrogen-bond acceptors (Lipinski definition) is 2. The molecule has 14 heavy (non-hydrogen) atoms. The van der Waals surface area contributed by atoms with Gasteiger partial charge in [-0.3, -0.25) is 0 Å². The molecular formula is C12H24O2. The number of ether oxygens (including phenoxy) is 1. The number of rotatable bonds is 4. The second kappa shape index (κ2) is 5.13. The quantitative estimate of drug-likeness (QED) is 0.756. The molecule has 1 N–H and O–H groups in total. The Hall–Kier alpha value is -0.0800. The Morgan fingerprint density at radius 3 is 2.29 bits per heavy atom. The summed E-state index contributed by atoms with van der Waals surface area (Å²) in [5.74, 6) is 0.724. The van der Waals surface area contributed by atoms with Gasteiger partial charge in [0.25, 0.3) is 0 Å². The van der Waals surface area contributed by atoms with E-state index in [1.807, 2.05) is 0 Å². The Balaban J connectivity index is 2.64. The first kappa shape index (κ1) is 12.0. The summed E-state index contributed by atoms with van der Waals surface area (Å²) in [6, 6.07) is 0. The maximum absolute atomic E-state index is 10.6. The van der Waals surface area contributed by atoms with E-state index < -0.39 is 5.60 Å². The zero-order chi connectivity index (χ0) is 10.6. The standard InChI is InChI=1S/C12H24O2/c1-10(2)12(13,9-14-3)11-7-5-4-6-8-11/h10-11,13H,4-9H2,1-3H3. The zero-order valence-electron chi connectivity index (χ0n) is 9.75. The van der Waals surface area contributed by atoms with Crippen molar-refractivity contribution in [2.45, 2.75) is 51.6 Å². The highest BCUT2D eigenvalue weighted by atomic mass is 16.5. The average molecular weight is 200 g/mol. The van der Waals surface area contributed by atoms with Gasteiger partial charge in [-0.2, -0.15) is 0 Å². The Bertz CT molecular complexity index is 162. The van der Waals surface area contributed by atoms with E-state index in [4.69, 9.17) is 4.74 Å². The fraction of sp³-hybridized carbons (Fsp3) is 1.00. The molecular weight excluding hydrogens is 176 g/mol. The van der Waals surface area contributed by atoms with Crippen LogP contribution in [0.15, 0.2) is 0 Å². The predicted molar refractivity (Wildman–Crippen MR) is 58.2 cm³/mol. The Labute approximate surface area is 87.7 Å². The highest BCUT2D eigenvalue weighted by Gasteiger charge is 2.39. The van der Waals surface area contributed by atoms with Crippen molar-refractivity contribution < 1.29 is 9.84 Å².